The average molecular weight is 443 g/mol. The summed E-state index contributed by atoms with van der Waals surface area (Å²) in [6.45, 7) is 2.09. The number of rotatable bonds is 9. The molecule has 0 unspecified atom stereocenters. The molecule has 4 aromatic rings. The van der Waals surface area contributed by atoms with E-state index in [-0.39, 0.29) is 5.91 Å². The van der Waals surface area contributed by atoms with Gasteiger partial charge in [-0.3, -0.25) is 4.79 Å². The lowest BCUT2D eigenvalue weighted by Crippen LogP contribution is -2.14. The second-order valence-electron chi connectivity index (χ2n) is 8.32. The number of amides is 1. The minimum Gasteiger partial charge on any atom is -0.497 e. The SMILES string of the molecule is COc1ccc(NC(=O)c2ccc(Nc3ccc4c(ccn4CCCN(C)C)c3)cc2)cc1. The summed E-state index contributed by atoms with van der Waals surface area (Å²) in [5.41, 5.74) is 4.51. The summed E-state index contributed by atoms with van der Waals surface area (Å²) in [7, 11) is 5.82. The summed E-state index contributed by atoms with van der Waals surface area (Å²) in [5, 5.41) is 7.54. The summed E-state index contributed by atoms with van der Waals surface area (Å²) in [6.07, 6.45) is 3.27. The van der Waals surface area contributed by atoms with Gasteiger partial charge < -0.3 is 24.8 Å². The molecule has 0 saturated carbocycles. The largest absolute Gasteiger partial charge is 0.497 e. The van der Waals surface area contributed by atoms with Crippen molar-refractivity contribution in [2.75, 3.05) is 38.4 Å². The van der Waals surface area contributed by atoms with Gasteiger partial charge in [0.2, 0.25) is 0 Å². The zero-order chi connectivity index (χ0) is 23.2. The second kappa shape index (κ2) is 10.2. The van der Waals surface area contributed by atoms with Gasteiger partial charge in [-0.05, 0) is 99.9 Å². The Morgan fingerprint density at radius 3 is 2.30 bits per heavy atom. The van der Waals surface area contributed by atoms with Gasteiger partial charge in [0.1, 0.15) is 5.75 Å². The molecule has 170 valence electrons. The number of aromatic nitrogens is 1. The van der Waals surface area contributed by atoms with Crippen LogP contribution >= 0.6 is 0 Å². The fourth-order valence-corrected chi connectivity index (χ4v) is 3.78. The lowest BCUT2D eigenvalue weighted by molar-refractivity contribution is 0.102. The Kier molecular flexibility index (Phi) is 6.95. The summed E-state index contributed by atoms with van der Waals surface area (Å²) in [5.74, 6) is 0.603. The minimum atomic E-state index is -0.149. The fourth-order valence-electron chi connectivity index (χ4n) is 3.78. The third kappa shape index (κ3) is 5.73. The van der Waals surface area contributed by atoms with Crippen LogP contribution in [0.5, 0.6) is 5.75 Å². The topological polar surface area (TPSA) is 58.5 Å². The van der Waals surface area contributed by atoms with E-state index in [0.717, 1.165) is 42.3 Å². The van der Waals surface area contributed by atoms with Gasteiger partial charge in [0.15, 0.2) is 0 Å². The summed E-state index contributed by atoms with van der Waals surface area (Å²) >= 11 is 0. The molecule has 4 rings (SSSR count). The van der Waals surface area contributed by atoms with Crippen LogP contribution in [0.25, 0.3) is 10.9 Å². The highest BCUT2D eigenvalue weighted by Gasteiger charge is 2.07. The van der Waals surface area contributed by atoms with Gasteiger partial charge in [0, 0.05) is 46.3 Å². The first kappa shape index (κ1) is 22.4. The number of nitrogens with zero attached hydrogens (tertiary/aromatic N) is 2. The zero-order valence-corrected chi connectivity index (χ0v) is 19.3. The number of methoxy groups -OCH3 is 1. The highest BCUT2D eigenvalue weighted by atomic mass is 16.5. The van der Waals surface area contributed by atoms with E-state index in [1.165, 1.54) is 10.9 Å². The van der Waals surface area contributed by atoms with Crippen molar-refractivity contribution < 1.29 is 9.53 Å². The van der Waals surface area contributed by atoms with Crippen LogP contribution in [-0.4, -0.2) is 43.1 Å². The number of fused-ring (bicyclic) bond motifs is 1. The molecular weight excluding hydrogens is 412 g/mol. The van der Waals surface area contributed by atoms with Gasteiger partial charge >= 0.3 is 0 Å². The van der Waals surface area contributed by atoms with Crippen molar-refractivity contribution in [1.82, 2.24) is 9.47 Å². The van der Waals surface area contributed by atoms with Crippen molar-refractivity contribution in [1.29, 1.82) is 0 Å². The summed E-state index contributed by atoms with van der Waals surface area (Å²) in [6, 6.07) is 23.3. The smallest absolute Gasteiger partial charge is 0.255 e. The fraction of sp³-hybridized carbons (Fsp3) is 0.222. The van der Waals surface area contributed by atoms with Crippen LogP contribution in [0.4, 0.5) is 17.1 Å². The zero-order valence-electron chi connectivity index (χ0n) is 19.3. The predicted molar refractivity (Wildman–Crippen MR) is 136 cm³/mol. The summed E-state index contributed by atoms with van der Waals surface area (Å²) in [4.78, 5) is 14.7. The van der Waals surface area contributed by atoms with Crippen molar-refractivity contribution >= 4 is 33.9 Å². The molecule has 1 heterocycles. The monoisotopic (exact) mass is 442 g/mol. The standard InChI is InChI=1S/C27H30N4O2/c1-30(2)16-4-17-31-18-15-21-19-24(11-14-26(21)31)28-22-7-5-20(6-8-22)27(32)29-23-9-12-25(33-3)13-10-23/h5-15,18-19,28H,4,16-17H2,1-3H3,(H,29,32). The minimum absolute atomic E-state index is 0.149. The molecule has 0 bridgehead atoms. The van der Waals surface area contributed by atoms with E-state index in [1.807, 2.05) is 48.5 Å². The number of aryl methyl sites for hydroxylation is 1. The molecule has 0 aliphatic rings. The molecule has 0 atom stereocenters. The molecular formula is C27H30N4O2. The van der Waals surface area contributed by atoms with E-state index in [1.54, 1.807) is 7.11 Å². The Morgan fingerprint density at radius 2 is 1.61 bits per heavy atom. The van der Waals surface area contributed by atoms with Crippen molar-refractivity contribution in [2.24, 2.45) is 0 Å². The Balaban J connectivity index is 1.38. The molecule has 0 saturated heterocycles. The highest BCUT2D eigenvalue weighted by Crippen LogP contribution is 2.24. The Hall–Kier alpha value is -3.77. The Morgan fingerprint density at radius 1 is 0.909 bits per heavy atom. The third-order valence-corrected chi connectivity index (χ3v) is 5.56. The molecule has 3 aromatic carbocycles. The number of nitrogens with one attached hydrogen (secondary N) is 2. The lowest BCUT2D eigenvalue weighted by Gasteiger charge is -2.11. The molecule has 0 spiro atoms. The van der Waals surface area contributed by atoms with Crippen LogP contribution in [0.15, 0.2) is 79.0 Å². The lowest BCUT2D eigenvalue weighted by atomic mass is 10.1. The maximum Gasteiger partial charge on any atom is 0.255 e. The van der Waals surface area contributed by atoms with Crippen LogP contribution in [-0.2, 0) is 6.54 Å². The number of anilines is 3. The maximum absolute atomic E-state index is 12.5. The van der Waals surface area contributed by atoms with E-state index < -0.39 is 0 Å². The molecule has 1 amide bonds. The van der Waals surface area contributed by atoms with Crippen molar-refractivity contribution in [2.45, 2.75) is 13.0 Å². The van der Waals surface area contributed by atoms with Crippen molar-refractivity contribution in [3.05, 3.63) is 84.6 Å². The van der Waals surface area contributed by atoms with Gasteiger partial charge in [-0.2, -0.15) is 0 Å². The normalized spacial score (nSPS) is 11.0. The molecule has 0 fully saturated rings. The Bertz CT molecular complexity index is 1210. The van der Waals surface area contributed by atoms with Crippen LogP contribution in [0.3, 0.4) is 0 Å². The van der Waals surface area contributed by atoms with Crippen LogP contribution in [0.1, 0.15) is 16.8 Å². The molecule has 6 heteroatoms. The number of hydrogen-bond acceptors (Lipinski definition) is 4. The van der Waals surface area contributed by atoms with Crippen LogP contribution in [0.2, 0.25) is 0 Å². The molecule has 1 aromatic heterocycles. The molecule has 2 N–H and O–H groups in total. The van der Waals surface area contributed by atoms with Crippen LogP contribution < -0.4 is 15.4 Å². The molecule has 6 nitrogen and oxygen atoms in total. The quantitative estimate of drug-likeness (QED) is 0.354. The van der Waals surface area contributed by atoms with E-state index in [4.69, 9.17) is 4.74 Å². The Labute approximate surface area is 194 Å². The van der Waals surface area contributed by atoms with E-state index in [9.17, 15) is 4.79 Å². The second-order valence-corrected chi connectivity index (χ2v) is 8.32. The first-order valence-corrected chi connectivity index (χ1v) is 11.1. The molecule has 0 aliphatic heterocycles. The van der Waals surface area contributed by atoms with Gasteiger partial charge in [0.05, 0.1) is 7.11 Å². The predicted octanol–water partition coefficient (Wildman–Crippen LogP) is 5.60. The number of ether oxygens (including phenoxy) is 1. The summed E-state index contributed by atoms with van der Waals surface area (Å²) < 4.78 is 7.45. The highest BCUT2D eigenvalue weighted by molar-refractivity contribution is 6.04. The van der Waals surface area contributed by atoms with Crippen molar-refractivity contribution in [3.8, 4) is 5.75 Å². The number of carbonyl (C=O) groups excluding carboxylic acids is 1. The first-order valence-electron chi connectivity index (χ1n) is 11.1. The van der Waals surface area contributed by atoms with E-state index >= 15 is 0 Å². The maximum atomic E-state index is 12.5. The molecule has 0 radical (unpaired) electrons. The van der Waals surface area contributed by atoms with Gasteiger partial charge in [-0.1, -0.05) is 0 Å². The average Bonchev–Trinajstić information content (AvgIpc) is 3.22. The van der Waals surface area contributed by atoms with Gasteiger partial charge in [0.25, 0.3) is 5.91 Å². The van der Waals surface area contributed by atoms with Gasteiger partial charge in [-0.15, -0.1) is 0 Å². The van der Waals surface area contributed by atoms with Crippen LogP contribution in [0, 0.1) is 0 Å². The van der Waals surface area contributed by atoms with Crippen molar-refractivity contribution in [3.63, 3.8) is 0 Å². The first-order chi connectivity index (χ1) is 16.0. The molecule has 0 aliphatic carbocycles. The van der Waals surface area contributed by atoms with Gasteiger partial charge in [-0.25, -0.2) is 0 Å². The number of benzene rings is 3. The van der Waals surface area contributed by atoms with E-state index in [0.29, 0.717) is 5.56 Å². The third-order valence-electron chi connectivity index (χ3n) is 5.56. The number of hydrogen-bond donors (Lipinski definition) is 2. The van der Waals surface area contributed by atoms with E-state index in [2.05, 4.69) is 64.7 Å². The molecule has 33 heavy (non-hydrogen) atoms. The number of carbonyl (C=O) groups is 1.